The van der Waals surface area contributed by atoms with Gasteiger partial charge in [-0.2, -0.15) is 5.11 Å². The minimum Gasteiger partial charge on any atom is -0.327 e. The predicted molar refractivity (Wildman–Crippen MR) is 46.9 cm³/mol. The highest BCUT2D eigenvalue weighted by Crippen LogP contribution is 2.11. The zero-order valence-corrected chi connectivity index (χ0v) is 7.53. The van der Waals surface area contributed by atoms with Gasteiger partial charge in [-0.15, -0.1) is 0 Å². The molecule has 0 aliphatic carbocycles. The minimum atomic E-state index is 0.0775. The zero-order valence-electron chi connectivity index (χ0n) is 7.53. The molecule has 4 nitrogen and oxygen atoms in total. The van der Waals surface area contributed by atoms with Crippen molar-refractivity contribution in [3.8, 4) is 0 Å². The standard InChI is InChI=1S/C7H13BN3O/c1-3-7(12)4-6-5-11(8-2)10-9-6/h6H,3-5H2,1-2H3. The molecule has 0 aromatic carbocycles. The van der Waals surface area contributed by atoms with Gasteiger partial charge in [-0.05, 0) is 0 Å². The molecule has 0 saturated carbocycles. The maximum absolute atomic E-state index is 11.0. The van der Waals surface area contributed by atoms with Crippen LogP contribution in [0.25, 0.3) is 0 Å². The number of carbonyl (C=O) groups is 1. The van der Waals surface area contributed by atoms with Gasteiger partial charge < -0.3 is 4.92 Å². The van der Waals surface area contributed by atoms with E-state index in [9.17, 15) is 4.79 Å². The molecule has 0 aromatic heterocycles. The lowest BCUT2D eigenvalue weighted by molar-refractivity contribution is -0.119. The van der Waals surface area contributed by atoms with Crippen LogP contribution in [0, 0.1) is 0 Å². The van der Waals surface area contributed by atoms with Crippen LogP contribution < -0.4 is 0 Å². The van der Waals surface area contributed by atoms with Crippen molar-refractivity contribution in [1.82, 2.24) is 4.92 Å². The summed E-state index contributed by atoms with van der Waals surface area (Å²) in [4.78, 5) is 12.8. The van der Waals surface area contributed by atoms with Gasteiger partial charge in [0, 0.05) is 19.4 Å². The first-order valence-electron chi connectivity index (χ1n) is 4.24. The Kier molecular flexibility index (Phi) is 3.25. The first kappa shape index (κ1) is 9.22. The smallest absolute Gasteiger partial charge is 0.271 e. The Morgan fingerprint density at radius 3 is 3.00 bits per heavy atom. The van der Waals surface area contributed by atoms with E-state index in [2.05, 4.69) is 10.3 Å². The van der Waals surface area contributed by atoms with E-state index in [4.69, 9.17) is 0 Å². The molecule has 0 saturated heterocycles. The molecule has 1 atom stereocenters. The van der Waals surface area contributed by atoms with Crippen LogP contribution in [0.5, 0.6) is 0 Å². The number of ketones is 1. The molecular weight excluding hydrogens is 153 g/mol. The Morgan fingerprint density at radius 2 is 2.50 bits per heavy atom. The van der Waals surface area contributed by atoms with E-state index < -0.39 is 0 Å². The van der Waals surface area contributed by atoms with Crippen LogP contribution in [0.15, 0.2) is 10.3 Å². The first-order chi connectivity index (χ1) is 5.76. The summed E-state index contributed by atoms with van der Waals surface area (Å²) < 4.78 is 0. The van der Waals surface area contributed by atoms with Crippen molar-refractivity contribution in [1.29, 1.82) is 0 Å². The van der Waals surface area contributed by atoms with Gasteiger partial charge in [0.05, 0.1) is 6.04 Å². The van der Waals surface area contributed by atoms with Gasteiger partial charge in [-0.25, -0.2) is 0 Å². The molecule has 1 heterocycles. The van der Waals surface area contributed by atoms with Gasteiger partial charge in [-0.3, -0.25) is 4.79 Å². The molecule has 65 valence electrons. The van der Waals surface area contributed by atoms with Crippen molar-refractivity contribution in [2.45, 2.75) is 32.6 Å². The molecule has 0 spiro atoms. The van der Waals surface area contributed by atoms with Crippen LogP contribution in [0.1, 0.15) is 19.8 Å². The molecule has 5 heteroatoms. The van der Waals surface area contributed by atoms with E-state index in [0.29, 0.717) is 12.8 Å². The lowest BCUT2D eigenvalue weighted by Crippen LogP contribution is -2.24. The molecule has 1 aliphatic heterocycles. The second kappa shape index (κ2) is 4.23. The molecule has 1 rings (SSSR count). The average molecular weight is 166 g/mol. The van der Waals surface area contributed by atoms with Gasteiger partial charge in [0.15, 0.2) is 0 Å². The fraction of sp³-hybridized carbons (Fsp3) is 0.857. The minimum absolute atomic E-state index is 0.0775. The zero-order chi connectivity index (χ0) is 8.97. The molecule has 0 amide bonds. The number of hydrogen-bond donors (Lipinski definition) is 0. The lowest BCUT2D eigenvalue weighted by Gasteiger charge is -2.08. The third-order valence-corrected chi connectivity index (χ3v) is 1.88. The van der Waals surface area contributed by atoms with Gasteiger partial charge >= 0.3 is 0 Å². The highest BCUT2D eigenvalue weighted by molar-refractivity contribution is 6.29. The van der Waals surface area contributed by atoms with Crippen molar-refractivity contribution in [3.63, 3.8) is 0 Å². The molecule has 0 fully saturated rings. The highest BCUT2D eigenvalue weighted by Gasteiger charge is 2.19. The van der Waals surface area contributed by atoms with Crippen LogP contribution in [0.4, 0.5) is 0 Å². The molecule has 1 radical (unpaired) electrons. The van der Waals surface area contributed by atoms with E-state index in [0.717, 1.165) is 6.54 Å². The number of nitrogens with zero attached hydrogens (tertiary/aromatic N) is 3. The van der Waals surface area contributed by atoms with E-state index in [1.807, 2.05) is 21.2 Å². The van der Waals surface area contributed by atoms with Crippen molar-refractivity contribution < 1.29 is 4.79 Å². The number of carbonyl (C=O) groups excluding carboxylic acids is 1. The number of hydrogen-bond acceptors (Lipinski definition) is 4. The average Bonchev–Trinajstić information content (AvgIpc) is 2.52. The summed E-state index contributed by atoms with van der Waals surface area (Å²) >= 11 is 0. The maximum atomic E-state index is 11.0. The molecule has 0 bridgehead atoms. The van der Waals surface area contributed by atoms with Gasteiger partial charge in [0.2, 0.25) is 0 Å². The molecule has 0 aromatic rings. The van der Waals surface area contributed by atoms with Crippen LogP contribution in [-0.2, 0) is 4.79 Å². The molecule has 0 N–H and O–H groups in total. The second-order valence-corrected chi connectivity index (χ2v) is 2.84. The summed E-state index contributed by atoms with van der Waals surface area (Å²) in [5, 5.41) is 7.85. The normalized spacial score (nSPS) is 21.5. The van der Waals surface area contributed by atoms with E-state index >= 15 is 0 Å². The third kappa shape index (κ3) is 2.32. The van der Waals surface area contributed by atoms with Gasteiger partial charge in [-0.1, -0.05) is 19.0 Å². The summed E-state index contributed by atoms with van der Waals surface area (Å²) in [6.07, 6.45) is 1.13. The molecule has 1 unspecified atom stereocenters. The van der Waals surface area contributed by atoms with Crippen molar-refractivity contribution in [2.24, 2.45) is 10.3 Å². The van der Waals surface area contributed by atoms with Crippen LogP contribution in [0.3, 0.4) is 0 Å². The molecule has 1 aliphatic rings. The maximum Gasteiger partial charge on any atom is 0.271 e. The Labute approximate surface area is 73.3 Å². The fourth-order valence-corrected chi connectivity index (χ4v) is 1.10. The number of Topliss-reactive ketones (excluding diaryl/α,β-unsaturated/α-hetero) is 1. The summed E-state index contributed by atoms with van der Waals surface area (Å²) in [7, 11) is 1.86. The van der Waals surface area contributed by atoms with Crippen molar-refractivity contribution in [3.05, 3.63) is 0 Å². The fourth-order valence-electron chi connectivity index (χ4n) is 1.10. The summed E-state index contributed by atoms with van der Waals surface area (Å²) in [5.41, 5.74) is 0. The third-order valence-electron chi connectivity index (χ3n) is 1.88. The molecular formula is C7H13BN3O. The van der Waals surface area contributed by atoms with Crippen LogP contribution in [-0.4, -0.2) is 30.7 Å². The molecule has 12 heavy (non-hydrogen) atoms. The van der Waals surface area contributed by atoms with Gasteiger partial charge in [0.1, 0.15) is 5.78 Å². The Hall–Kier alpha value is -0.865. The monoisotopic (exact) mass is 166 g/mol. The lowest BCUT2D eigenvalue weighted by atomic mass is 9.98. The Bertz CT molecular complexity index is 195. The summed E-state index contributed by atoms with van der Waals surface area (Å²) in [6.45, 7) is 4.53. The SMILES string of the molecule is C[B]N1CC(CC(=O)CC)N=N1. The highest BCUT2D eigenvalue weighted by atomic mass is 16.1. The Balaban J connectivity index is 2.29. The largest absolute Gasteiger partial charge is 0.327 e. The van der Waals surface area contributed by atoms with Crippen LogP contribution in [0.2, 0.25) is 6.82 Å². The first-order valence-corrected chi connectivity index (χ1v) is 4.24. The van der Waals surface area contributed by atoms with E-state index in [1.54, 1.807) is 4.92 Å². The Morgan fingerprint density at radius 1 is 1.75 bits per heavy atom. The van der Waals surface area contributed by atoms with Crippen molar-refractivity contribution >= 4 is 13.2 Å². The van der Waals surface area contributed by atoms with Crippen LogP contribution >= 0.6 is 0 Å². The van der Waals surface area contributed by atoms with E-state index in [-0.39, 0.29) is 11.8 Å². The predicted octanol–water partition coefficient (Wildman–Crippen LogP) is 1.07. The van der Waals surface area contributed by atoms with Gasteiger partial charge in [0.25, 0.3) is 7.41 Å². The summed E-state index contributed by atoms with van der Waals surface area (Å²) in [5.74, 6) is 0.261. The second-order valence-electron chi connectivity index (χ2n) is 2.84. The van der Waals surface area contributed by atoms with E-state index in [1.165, 1.54) is 0 Å². The van der Waals surface area contributed by atoms with Crippen molar-refractivity contribution in [2.75, 3.05) is 6.54 Å². The quantitative estimate of drug-likeness (QED) is 0.586. The summed E-state index contributed by atoms with van der Waals surface area (Å²) in [6, 6.07) is 0.0775. The number of rotatable bonds is 4. The topological polar surface area (TPSA) is 45.0 Å².